The van der Waals surface area contributed by atoms with Gasteiger partial charge in [-0.15, -0.1) is 5.10 Å². The Morgan fingerprint density at radius 1 is 1.06 bits per heavy atom. The highest BCUT2D eigenvalue weighted by atomic mass is 15.6. The van der Waals surface area contributed by atoms with Gasteiger partial charge < -0.3 is 0 Å². The Labute approximate surface area is 95.8 Å². The Morgan fingerprint density at radius 2 is 1.81 bits per heavy atom. The molecule has 1 saturated heterocycles. The molecule has 0 bridgehead atoms. The third kappa shape index (κ3) is 1.96. The molecule has 2 fully saturated rings. The monoisotopic (exact) mass is 221 g/mol. The molecule has 1 aromatic rings. The van der Waals surface area contributed by atoms with Crippen LogP contribution in [-0.4, -0.2) is 38.2 Å². The number of aromatic nitrogens is 4. The maximum atomic E-state index is 4.18. The summed E-state index contributed by atoms with van der Waals surface area (Å²) in [6, 6.07) is 0.563. The molecule has 0 aromatic carbocycles. The molecule has 0 spiro atoms. The van der Waals surface area contributed by atoms with E-state index < -0.39 is 0 Å². The van der Waals surface area contributed by atoms with Crippen LogP contribution in [0.3, 0.4) is 0 Å². The smallest absolute Gasteiger partial charge is 0.165 e. The van der Waals surface area contributed by atoms with E-state index in [9.17, 15) is 0 Å². The highest BCUT2D eigenvalue weighted by Gasteiger charge is 2.23. The minimum atomic E-state index is 0.563. The minimum absolute atomic E-state index is 0.563. The van der Waals surface area contributed by atoms with Crippen LogP contribution in [0.4, 0.5) is 0 Å². The van der Waals surface area contributed by atoms with Crippen molar-refractivity contribution in [3.63, 3.8) is 0 Å². The molecular formula is C11H19N5. The van der Waals surface area contributed by atoms with Gasteiger partial charge in [0.1, 0.15) is 0 Å². The maximum Gasteiger partial charge on any atom is 0.165 e. The van der Waals surface area contributed by atoms with Gasteiger partial charge in [0.15, 0.2) is 5.82 Å². The third-order valence-corrected chi connectivity index (χ3v) is 3.80. The van der Waals surface area contributed by atoms with E-state index in [0.717, 1.165) is 12.4 Å². The second kappa shape index (κ2) is 4.49. The van der Waals surface area contributed by atoms with Crippen LogP contribution in [-0.2, 0) is 6.54 Å². The van der Waals surface area contributed by atoms with Gasteiger partial charge in [0.25, 0.3) is 0 Å². The van der Waals surface area contributed by atoms with Crippen molar-refractivity contribution in [3.8, 4) is 0 Å². The average Bonchev–Trinajstić information content (AvgIpc) is 2.98. The van der Waals surface area contributed by atoms with E-state index in [2.05, 4.69) is 25.1 Å². The van der Waals surface area contributed by atoms with E-state index >= 15 is 0 Å². The first kappa shape index (κ1) is 10.2. The van der Waals surface area contributed by atoms with Gasteiger partial charge in [-0.1, -0.05) is 12.8 Å². The summed E-state index contributed by atoms with van der Waals surface area (Å²) in [7, 11) is 0. The highest BCUT2D eigenvalue weighted by molar-refractivity contribution is 4.87. The van der Waals surface area contributed by atoms with Crippen LogP contribution >= 0.6 is 0 Å². The van der Waals surface area contributed by atoms with Crippen LogP contribution in [0.1, 0.15) is 50.4 Å². The lowest BCUT2D eigenvalue weighted by Crippen LogP contribution is -2.22. The average molecular weight is 221 g/mol. The molecule has 0 radical (unpaired) electrons. The predicted molar refractivity (Wildman–Crippen MR) is 59.8 cm³/mol. The number of tetrazole rings is 1. The van der Waals surface area contributed by atoms with Crippen LogP contribution in [0.2, 0.25) is 0 Å². The van der Waals surface area contributed by atoms with E-state index in [0.29, 0.717) is 6.04 Å². The number of rotatable bonds is 3. The lowest BCUT2D eigenvalue weighted by atomic mass is 10.2. The molecule has 0 unspecified atom stereocenters. The quantitative estimate of drug-likeness (QED) is 0.773. The number of hydrogen-bond donors (Lipinski definition) is 0. The van der Waals surface area contributed by atoms with Crippen molar-refractivity contribution in [2.24, 2.45) is 0 Å². The van der Waals surface area contributed by atoms with E-state index in [1.54, 1.807) is 0 Å². The first-order chi connectivity index (χ1) is 7.93. The molecule has 5 nitrogen and oxygen atoms in total. The molecule has 1 saturated carbocycles. The summed E-state index contributed by atoms with van der Waals surface area (Å²) < 4.78 is 2.07. The van der Waals surface area contributed by atoms with Crippen molar-refractivity contribution in [2.75, 3.05) is 13.1 Å². The fourth-order valence-corrected chi connectivity index (χ4v) is 2.89. The van der Waals surface area contributed by atoms with Crippen molar-refractivity contribution in [1.82, 2.24) is 25.1 Å². The molecule has 2 heterocycles. The lowest BCUT2D eigenvalue weighted by Gasteiger charge is -2.16. The van der Waals surface area contributed by atoms with Gasteiger partial charge >= 0.3 is 0 Å². The Bertz CT molecular complexity index is 336. The Morgan fingerprint density at radius 3 is 2.56 bits per heavy atom. The minimum Gasteiger partial charge on any atom is -0.296 e. The van der Waals surface area contributed by atoms with Crippen LogP contribution in [0, 0.1) is 0 Å². The van der Waals surface area contributed by atoms with Gasteiger partial charge in [-0.3, -0.25) is 4.90 Å². The third-order valence-electron chi connectivity index (χ3n) is 3.80. The largest absolute Gasteiger partial charge is 0.296 e. The van der Waals surface area contributed by atoms with Crippen LogP contribution < -0.4 is 0 Å². The van der Waals surface area contributed by atoms with Gasteiger partial charge in [-0.05, 0) is 49.2 Å². The summed E-state index contributed by atoms with van der Waals surface area (Å²) in [6.45, 7) is 3.35. The number of hydrogen-bond acceptors (Lipinski definition) is 4. The van der Waals surface area contributed by atoms with Gasteiger partial charge in [0.2, 0.25) is 0 Å². The van der Waals surface area contributed by atoms with Gasteiger partial charge in [-0.25, -0.2) is 4.68 Å². The molecule has 16 heavy (non-hydrogen) atoms. The van der Waals surface area contributed by atoms with Crippen LogP contribution in [0.25, 0.3) is 0 Å². The Kier molecular flexibility index (Phi) is 2.86. The fraction of sp³-hybridized carbons (Fsp3) is 0.909. The molecule has 5 heteroatoms. The highest BCUT2D eigenvalue weighted by Crippen LogP contribution is 2.29. The van der Waals surface area contributed by atoms with Crippen molar-refractivity contribution in [2.45, 2.75) is 51.1 Å². The van der Waals surface area contributed by atoms with Crippen molar-refractivity contribution in [3.05, 3.63) is 5.82 Å². The predicted octanol–water partition coefficient (Wildman–Crippen LogP) is 1.38. The first-order valence-corrected chi connectivity index (χ1v) is 6.42. The van der Waals surface area contributed by atoms with E-state index in [-0.39, 0.29) is 0 Å². The fourth-order valence-electron chi connectivity index (χ4n) is 2.89. The Balaban J connectivity index is 1.71. The summed E-state index contributed by atoms with van der Waals surface area (Å²) in [4.78, 5) is 2.46. The van der Waals surface area contributed by atoms with E-state index in [4.69, 9.17) is 0 Å². The molecule has 0 amide bonds. The molecule has 3 rings (SSSR count). The molecule has 1 aliphatic carbocycles. The SMILES string of the molecule is C1CCC(n2nnnc2CN2CCCC2)C1. The Hall–Kier alpha value is -0.970. The molecule has 0 N–H and O–H groups in total. The number of nitrogens with zero attached hydrogens (tertiary/aromatic N) is 5. The molecular weight excluding hydrogens is 202 g/mol. The summed E-state index contributed by atoms with van der Waals surface area (Å²) in [5.74, 6) is 1.06. The standard InChI is InChI=1S/C11H19N5/c1-2-6-10(5-1)16-11(12-13-14-16)9-15-7-3-4-8-15/h10H,1-9H2. The zero-order valence-corrected chi connectivity index (χ0v) is 9.68. The first-order valence-electron chi connectivity index (χ1n) is 6.42. The van der Waals surface area contributed by atoms with E-state index in [1.165, 1.54) is 51.6 Å². The van der Waals surface area contributed by atoms with E-state index in [1.807, 2.05) is 0 Å². The van der Waals surface area contributed by atoms with Gasteiger partial charge in [0, 0.05) is 0 Å². The van der Waals surface area contributed by atoms with Crippen molar-refractivity contribution >= 4 is 0 Å². The maximum absolute atomic E-state index is 4.18. The van der Waals surface area contributed by atoms with Gasteiger partial charge in [0.05, 0.1) is 12.6 Å². The zero-order chi connectivity index (χ0) is 10.8. The molecule has 1 aromatic heterocycles. The second-order valence-electron chi connectivity index (χ2n) is 4.96. The molecule has 2 aliphatic rings. The molecule has 0 atom stereocenters. The number of likely N-dealkylation sites (tertiary alicyclic amines) is 1. The summed E-state index contributed by atoms with van der Waals surface area (Å²) in [5, 5.41) is 12.2. The lowest BCUT2D eigenvalue weighted by molar-refractivity contribution is 0.305. The van der Waals surface area contributed by atoms with Crippen LogP contribution in [0.5, 0.6) is 0 Å². The molecule has 88 valence electrons. The topological polar surface area (TPSA) is 46.8 Å². The van der Waals surface area contributed by atoms with Crippen molar-refractivity contribution < 1.29 is 0 Å². The summed E-state index contributed by atoms with van der Waals surface area (Å²) >= 11 is 0. The van der Waals surface area contributed by atoms with Crippen LogP contribution in [0.15, 0.2) is 0 Å². The second-order valence-corrected chi connectivity index (χ2v) is 4.96. The van der Waals surface area contributed by atoms with Crippen molar-refractivity contribution in [1.29, 1.82) is 0 Å². The summed E-state index contributed by atoms with van der Waals surface area (Å²) in [5.41, 5.74) is 0. The summed E-state index contributed by atoms with van der Waals surface area (Å²) in [6.07, 6.45) is 7.80. The molecule has 1 aliphatic heterocycles. The normalized spacial score (nSPS) is 23.2. The van der Waals surface area contributed by atoms with Gasteiger partial charge in [-0.2, -0.15) is 0 Å². The zero-order valence-electron chi connectivity index (χ0n) is 9.68.